The lowest BCUT2D eigenvalue weighted by molar-refractivity contribution is 0.486. The van der Waals surface area contributed by atoms with Crippen LogP contribution in [0.1, 0.15) is 36.8 Å². The van der Waals surface area contributed by atoms with Gasteiger partial charge in [0.2, 0.25) is 5.71 Å². The first-order valence-corrected chi connectivity index (χ1v) is 11.7. The van der Waals surface area contributed by atoms with E-state index < -0.39 is 0 Å². The number of hydrogen-bond donors (Lipinski definition) is 0. The number of aryl methyl sites for hydroxylation is 1. The maximum absolute atomic E-state index is 6.15. The van der Waals surface area contributed by atoms with Crippen LogP contribution in [0.2, 0.25) is 0 Å². The predicted molar refractivity (Wildman–Crippen MR) is 138 cm³/mol. The van der Waals surface area contributed by atoms with Gasteiger partial charge in [-0.2, -0.15) is 0 Å². The average Bonchev–Trinajstić information content (AvgIpc) is 3.45. The number of para-hydroxylation sites is 1. The zero-order valence-electron chi connectivity index (χ0n) is 19.0. The van der Waals surface area contributed by atoms with Crippen molar-refractivity contribution in [3.63, 3.8) is 0 Å². The average molecular weight is 416 g/mol. The Balaban J connectivity index is 1.51. The molecule has 0 bridgehead atoms. The van der Waals surface area contributed by atoms with E-state index in [0.717, 1.165) is 44.4 Å². The number of aromatic nitrogens is 2. The Kier molecular flexibility index (Phi) is 4.43. The first-order valence-electron chi connectivity index (χ1n) is 11.7. The Morgan fingerprint density at radius 3 is 2.62 bits per heavy atom. The number of fused-ring (bicyclic) bond motifs is 4. The molecule has 0 amide bonds. The van der Waals surface area contributed by atoms with E-state index in [1.165, 1.54) is 36.8 Å². The molecule has 1 fully saturated rings. The SMILES string of the molecule is BC(B)(c1ccnc(-c2cc3c(cc2C)oc2nc4ccccc4cc23)c1)C1CCCC1. The second kappa shape index (κ2) is 7.23. The highest BCUT2D eigenvalue weighted by molar-refractivity contribution is 6.40. The van der Waals surface area contributed by atoms with E-state index in [2.05, 4.69) is 65.1 Å². The van der Waals surface area contributed by atoms with Gasteiger partial charge in [-0.15, -0.1) is 0 Å². The van der Waals surface area contributed by atoms with Crippen LogP contribution in [0.3, 0.4) is 0 Å². The molecular formula is C27H26B2N2O. The number of hydrogen-bond acceptors (Lipinski definition) is 3. The fraction of sp³-hybridized carbons (Fsp3) is 0.259. The summed E-state index contributed by atoms with van der Waals surface area (Å²) in [7, 11) is 4.80. The molecule has 5 aromatic rings. The zero-order chi connectivity index (χ0) is 21.9. The van der Waals surface area contributed by atoms with Crippen LogP contribution in [0.4, 0.5) is 0 Å². The first-order chi connectivity index (χ1) is 15.5. The number of rotatable bonds is 3. The molecule has 3 nitrogen and oxygen atoms in total. The van der Waals surface area contributed by atoms with Crippen LogP contribution in [0.25, 0.3) is 44.2 Å². The molecule has 0 saturated heterocycles. The van der Waals surface area contributed by atoms with Crippen molar-refractivity contribution in [3.05, 3.63) is 71.9 Å². The highest BCUT2D eigenvalue weighted by Gasteiger charge is 2.33. The molecule has 0 atom stereocenters. The fourth-order valence-corrected chi connectivity index (χ4v) is 5.59. The van der Waals surface area contributed by atoms with Gasteiger partial charge in [0, 0.05) is 27.9 Å². The van der Waals surface area contributed by atoms with E-state index in [4.69, 9.17) is 14.4 Å². The molecule has 0 radical (unpaired) electrons. The van der Waals surface area contributed by atoms with Gasteiger partial charge in [-0.05, 0) is 54.8 Å². The molecule has 0 unspecified atom stereocenters. The van der Waals surface area contributed by atoms with Crippen LogP contribution >= 0.6 is 0 Å². The summed E-state index contributed by atoms with van der Waals surface area (Å²) in [5.74, 6) is 0.749. The summed E-state index contributed by atoms with van der Waals surface area (Å²) >= 11 is 0. The van der Waals surface area contributed by atoms with Crippen molar-refractivity contribution >= 4 is 48.7 Å². The van der Waals surface area contributed by atoms with Crippen molar-refractivity contribution in [2.45, 2.75) is 37.8 Å². The van der Waals surface area contributed by atoms with Gasteiger partial charge in [-0.25, -0.2) is 4.98 Å². The lowest BCUT2D eigenvalue weighted by atomic mass is 9.45. The third-order valence-corrected chi connectivity index (χ3v) is 7.67. The Hall–Kier alpha value is -3.07. The van der Waals surface area contributed by atoms with Crippen molar-refractivity contribution in [1.82, 2.24) is 9.97 Å². The second-order valence-corrected chi connectivity index (χ2v) is 9.93. The van der Waals surface area contributed by atoms with Gasteiger partial charge in [0.25, 0.3) is 0 Å². The summed E-state index contributed by atoms with van der Waals surface area (Å²) in [4.78, 5) is 9.54. The summed E-state index contributed by atoms with van der Waals surface area (Å²) in [6.07, 6.45) is 7.36. The van der Waals surface area contributed by atoms with Gasteiger partial charge in [-0.3, -0.25) is 4.98 Å². The molecule has 3 aromatic heterocycles. The Morgan fingerprint density at radius 1 is 0.969 bits per heavy atom. The molecule has 5 heteroatoms. The van der Waals surface area contributed by atoms with Crippen LogP contribution in [0, 0.1) is 12.8 Å². The molecule has 6 rings (SSSR count). The molecule has 0 aliphatic heterocycles. The molecule has 32 heavy (non-hydrogen) atoms. The fourth-order valence-electron chi connectivity index (χ4n) is 5.59. The largest absolute Gasteiger partial charge is 0.438 e. The quantitative estimate of drug-likeness (QED) is 0.384. The third-order valence-electron chi connectivity index (χ3n) is 7.67. The monoisotopic (exact) mass is 416 g/mol. The van der Waals surface area contributed by atoms with E-state index in [9.17, 15) is 0 Å². The summed E-state index contributed by atoms with van der Waals surface area (Å²) < 4.78 is 6.15. The van der Waals surface area contributed by atoms with Gasteiger partial charge in [0.15, 0.2) is 0 Å². The molecule has 1 aliphatic carbocycles. The minimum Gasteiger partial charge on any atom is -0.438 e. The highest BCUT2D eigenvalue weighted by Crippen LogP contribution is 2.40. The van der Waals surface area contributed by atoms with E-state index in [1.807, 2.05) is 18.3 Å². The van der Waals surface area contributed by atoms with Crippen molar-refractivity contribution < 1.29 is 4.42 Å². The van der Waals surface area contributed by atoms with Gasteiger partial charge < -0.3 is 4.42 Å². The van der Waals surface area contributed by atoms with Gasteiger partial charge in [-0.1, -0.05) is 54.7 Å². The number of pyridine rings is 2. The number of benzene rings is 2. The minimum absolute atomic E-state index is 0.164. The van der Waals surface area contributed by atoms with Crippen molar-refractivity contribution in [1.29, 1.82) is 0 Å². The summed E-state index contributed by atoms with van der Waals surface area (Å²) in [5.41, 5.74) is 7.29. The van der Waals surface area contributed by atoms with Crippen molar-refractivity contribution in [3.8, 4) is 11.3 Å². The maximum Gasteiger partial charge on any atom is 0.227 e. The molecule has 0 N–H and O–H groups in total. The summed E-state index contributed by atoms with van der Waals surface area (Å²) in [5, 5.41) is 3.45. The molecule has 1 saturated carbocycles. The summed E-state index contributed by atoms with van der Waals surface area (Å²) in [6, 6.07) is 19.3. The normalized spacial score (nSPS) is 15.3. The Bertz CT molecular complexity index is 1480. The third kappa shape index (κ3) is 3.06. The topological polar surface area (TPSA) is 38.9 Å². The van der Waals surface area contributed by atoms with E-state index in [0.29, 0.717) is 5.71 Å². The lowest BCUT2D eigenvalue weighted by Gasteiger charge is -2.32. The van der Waals surface area contributed by atoms with Crippen LogP contribution in [0.15, 0.2) is 65.2 Å². The molecule has 1 aliphatic rings. The predicted octanol–water partition coefficient (Wildman–Crippen LogP) is 5.11. The Morgan fingerprint density at radius 2 is 1.78 bits per heavy atom. The van der Waals surface area contributed by atoms with Crippen molar-refractivity contribution in [2.75, 3.05) is 0 Å². The molecular weight excluding hydrogens is 390 g/mol. The first kappa shape index (κ1) is 19.6. The van der Waals surface area contributed by atoms with Crippen LogP contribution < -0.4 is 0 Å². The lowest BCUT2D eigenvalue weighted by Crippen LogP contribution is -2.35. The van der Waals surface area contributed by atoms with E-state index in [1.54, 1.807) is 0 Å². The van der Waals surface area contributed by atoms with Gasteiger partial charge in [0.05, 0.1) is 11.2 Å². The minimum atomic E-state index is 0.164. The van der Waals surface area contributed by atoms with Crippen molar-refractivity contribution in [2.24, 2.45) is 5.92 Å². The van der Waals surface area contributed by atoms with Crippen LogP contribution in [-0.2, 0) is 5.21 Å². The van der Waals surface area contributed by atoms with E-state index in [-0.39, 0.29) is 5.21 Å². The molecule has 156 valence electrons. The molecule has 3 heterocycles. The van der Waals surface area contributed by atoms with Gasteiger partial charge in [0.1, 0.15) is 21.3 Å². The standard InChI is InChI=1S/C27H26B2N2O/c1-16-12-25-21(22-13-17-6-2-5-9-23(17)31-26(22)32-25)15-20(16)24-14-19(10-11-30-24)27(28,29)18-7-3-4-8-18/h2,5-6,9-15,18H,3-4,7-8,28-29H2,1H3. The molecule has 0 spiro atoms. The van der Waals surface area contributed by atoms with Crippen LogP contribution in [-0.4, -0.2) is 25.7 Å². The number of furan rings is 1. The van der Waals surface area contributed by atoms with Crippen LogP contribution in [0.5, 0.6) is 0 Å². The zero-order valence-corrected chi connectivity index (χ0v) is 19.0. The Labute approximate surface area is 190 Å². The maximum atomic E-state index is 6.15. The van der Waals surface area contributed by atoms with E-state index >= 15 is 0 Å². The second-order valence-electron chi connectivity index (χ2n) is 9.93. The smallest absolute Gasteiger partial charge is 0.227 e. The van der Waals surface area contributed by atoms with Gasteiger partial charge >= 0.3 is 0 Å². The summed E-state index contributed by atoms with van der Waals surface area (Å²) in [6.45, 7) is 2.14. The number of nitrogens with zero attached hydrogens (tertiary/aromatic N) is 2. The highest BCUT2D eigenvalue weighted by atomic mass is 16.3. The molecule has 2 aromatic carbocycles.